The molecule has 0 aromatic heterocycles. The summed E-state index contributed by atoms with van der Waals surface area (Å²) in [5.74, 6) is 0. The minimum atomic E-state index is -0.403. The fourth-order valence-corrected chi connectivity index (χ4v) is 5.22. The second-order valence-corrected chi connectivity index (χ2v) is 10.3. The summed E-state index contributed by atoms with van der Waals surface area (Å²) in [5.41, 5.74) is 28.8. The van der Waals surface area contributed by atoms with Gasteiger partial charge in [0.2, 0.25) is 0 Å². The van der Waals surface area contributed by atoms with Crippen LogP contribution in [0, 0.1) is 0 Å². The summed E-state index contributed by atoms with van der Waals surface area (Å²) in [4.78, 5) is 0. The molecular formula is C36H32N4. The van der Waals surface area contributed by atoms with Gasteiger partial charge in [-0.15, -0.1) is 0 Å². The van der Waals surface area contributed by atoms with E-state index < -0.39 is 5.54 Å². The van der Waals surface area contributed by atoms with Gasteiger partial charge in [-0.2, -0.15) is 0 Å². The molecule has 5 aromatic carbocycles. The number of rotatable bonds is 6. The van der Waals surface area contributed by atoms with Gasteiger partial charge < -0.3 is 22.5 Å². The van der Waals surface area contributed by atoms with Crippen LogP contribution in [0.25, 0.3) is 27.8 Å². The zero-order valence-electron chi connectivity index (χ0n) is 22.2. The highest BCUT2D eigenvalue weighted by Crippen LogP contribution is 2.39. The molecule has 196 valence electrons. The Hall–Kier alpha value is -5.22. The SMILES string of the molecule is Nc1ccc(C2=CCC(Nc3ccc(-c4ccc(N)cc4)cc3)(c3ccc(-c4ccc(N)cc4)cc3)C=C2)cc1. The largest absolute Gasteiger partial charge is 0.399 e. The van der Waals surface area contributed by atoms with Crippen LogP contribution in [-0.2, 0) is 5.54 Å². The van der Waals surface area contributed by atoms with Gasteiger partial charge in [-0.1, -0.05) is 91.0 Å². The number of hydrogen-bond donors (Lipinski definition) is 4. The molecule has 0 spiro atoms. The van der Waals surface area contributed by atoms with Crippen molar-refractivity contribution in [2.45, 2.75) is 12.0 Å². The first-order chi connectivity index (χ1) is 19.5. The van der Waals surface area contributed by atoms with Gasteiger partial charge in [0.1, 0.15) is 0 Å². The van der Waals surface area contributed by atoms with E-state index >= 15 is 0 Å². The van der Waals surface area contributed by atoms with Crippen molar-refractivity contribution in [3.05, 3.63) is 151 Å². The summed E-state index contributed by atoms with van der Waals surface area (Å²) in [6, 6.07) is 41.4. The van der Waals surface area contributed by atoms with Gasteiger partial charge in [0.15, 0.2) is 0 Å². The van der Waals surface area contributed by atoms with Gasteiger partial charge in [0.05, 0.1) is 5.54 Å². The number of nitrogens with two attached hydrogens (primary N) is 3. The van der Waals surface area contributed by atoms with Crippen LogP contribution in [0.5, 0.6) is 0 Å². The van der Waals surface area contributed by atoms with E-state index in [0.717, 1.165) is 57.0 Å². The molecule has 0 saturated heterocycles. The zero-order valence-corrected chi connectivity index (χ0v) is 22.2. The van der Waals surface area contributed by atoms with Crippen LogP contribution in [0.1, 0.15) is 17.5 Å². The first kappa shape index (κ1) is 25.1. The van der Waals surface area contributed by atoms with E-state index in [4.69, 9.17) is 17.2 Å². The second-order valence-electron chi connectivity index (χ2n) is 10.3. The van der Waals surface area contributed by atoms with Crippen LogP contribution in [0.2, 0.25) is 0 Å². The van der Waals surface area contributed by atoms with Crippen molar-refractivity contribution in [1.29, 1.82) is 0 Å². The van der Waals surface area contributed by atoms with Crippen LogP contribution in [0.4, 0.5) is 22.7 Å². The molecule has 0 amide bonds. The van der Waals surface area contributed by atoms with E-state index in [1.54, 1.807) is 0 Å². The minimum Gasteiger partial charge on any atom is -0.399 e. The number of anilines is 4. The molecule has 4 heteroatoms. The highest BCUT2D eigenvalue weighted by Gasteiger charge is 2.31. The van der Waals surface area contributed by atoms with Crippen molar-refractivity contribution in [3.63, 3.8) is 0 Å². The number of benzene rings is 5. The lowest BCUT2D eigenvalue weighted by Crippen LogP contribution is -2.34. The number of nitrogens with one attached hydrogen (secondary N) is 1. The fraction of sp³-hybridized carbons (Fsp3) is 0.0556. The smallest absolute Gasteiger partial charge is 0.0847 e. The molecular weight excluding hydrogens is 488 g/mol. The van der Waals surface area contributed by atoms with Crippen LogP contribution in [0.15, 0.2) is 140 Å². The van der Waals surface area contributed by atoms with E-state index in [0.29, 0.717) is 0 Å². The van der Waals surface area contributed by atoms with E-state index in [2.05, 4.69) is 108 Å². The van der Waals surface area contributed by atoms with E-state index in [9.17, 15) is 0 Å². The van der Waals surface area contributed by atoms with Crippen molar-refractivity contribution in [2.75, 3.05) is 22.5 Å². The summed E-state index contributed by atoms with van der Waals surface area (Å²) < 4.78 is 0. The Bertz CT molecular complexity index is 1660. The zero-order chi connectivity index (χ0) is 27.5. The van der Waals surface area contributed by atoms with E-state index in [-0.39, 0.29) is 0 Å². The molecule has 0 heterocycles. The summed E-state index contributed by atoms with van der Waals surface area (Å²) >= 11 is 0. The van der Waals surface area contributed by atoms with Crippen molar-refractivity contribution in [1.82, 2.24) is 0 Å². The molecule has 0 fully saturated rings. The molecule has 1 unspecified atom stereocenters. The van der Waals surface area contributed by atoms with Crippen molar-refractivity contribution in [2.24, 2.45) is 0 Å². The molecule has 0 radical (unpaired) electrons. The van der Waals surface area contributed by atoms with E-state index in [1.165, 1.54) is 11.1 Å². The van der Waals surface area contributed by atoms with Crippen molar-refractivity contribution < 1.29 is 0 Å². The molecule has 0 bridgehead atoms. The maximum absolute atomic E-state index is 5.92. The molecule has 1 atom stereocenters. The number of allylic oxidation sites excluding steroid dienone is 2. The molecule has 0 saturated carbocycles. The summed E-state index contributed by atoms with van der Waals surface area (Å²) in [7, 11) is 0. The molecule has 4 nitrogen and oxygen atoms in total. The lowest BCUT2D eigenvalue weighted by Gasteiger charge is -2.35. The normalized spacial score (nSPS) is 16.4. The Morgan fingerprint density at radius 3 is 1.30 bits per heavy atom. The maximum atomic E-state index is 5.92. The Kier molecular flexibility index (Phi) is 6.59. The van der Waals surface area contributed by atoms with Crippen LogP contribution in [-0.4, -0.2) is 0 Å². The molecule has 5 aromatic rings. The maximum Gasteiger partial charge on any atom is 0.0847 e. The standard InChI is InChI=1S/C36H32N4/c37-32-13-3-26(4-14-32)25-1-11-31(12-2-25)36(23-21-30(22-24-36)28-7-17-34(39)18-8-28)40-35-19-9-29(10-20-35)27-5-15-33(38)16-6-27/h1-23,40H,24,37-39H2. The Morgan fingerprint density at radius 2 is 0.875 bits per heavy atom. The van der Waals surface area contributed by atoms with Gasteiger partial charge >= 0.3 is 0 Å². The van der Waals surface area contributed by atoms with Gasteiger partial charge in [0.25, 0.3) is 0 Å². The summed E-state index contributed by atoms with van der Waals surface area (Å²) in [6.45, 7) is 0. The van der Waals surface area contributed by atoms with Crippen molar-refractivity contribution >= 4 is 28.3 Å². The first-order valence-corrected chi connectivity index (χ1v) is 13.4. The second kappa shape index (κ2) is 10.5. The van der Waals surface area contributed by atoms with Crippen molar-refractivity contribution in [3.8, 4) is 22.3 Å². The number of hydrogen-bond acceptors (Lipinski definition) is 4. The topological polar surface area (TPSA) is 90.1 Å². The molecule has 6 rings (SSSR count). The average molecular weight is 521 g/mol. The minimum absolute atomic E-state index is 0.403. The average Bonchev–Trinajstić information content (AvgIpc) is 2.99. The third kappa shape index (κ3) is 5.20. The van der Waals surface area contributed by atoms with Crippen LogP contribution >= 0.6 is 0 Å². The summed E-state index contributed by atoms with van der Waals surface area (Å²) in [6.07, 6.45) is 7.59. The first-order valence-electron chi connectivity index (χ1n) is 13.4. The summed E-state index contributed by atoms with van der Waals surface area (Å²) in [5, 5.41) is 3.86. The number of nitrogen functional groups attached to an aromatic ring is 3. The van der Waals surface area contributed by atoms with Gasteiger partial charge in [-0.25, -0.2) is 0 Å². The molecule has 0 aliphatic heterocycles. The predicted octanol–water partition coefficient (Wildman–Crippen LogP) is 8.12. The lowest BCUT2D eigenvalue weighted by molar-refractivity contribution is 0.620. The Morgan fingerprint density at radius 1 is 0.475 bits per heavy atom. The van der Waals surface area contributed by atoms with Crippen LogP contribution < -0.4 is 22.5 Å². The quantitative estimate of drug-likeness (QED) is 0.170. The lowest BCUT2D eigenvalue weighted by atomic mass is 9.80. The van der Waals surface area contributed by atoms with Gasteiger partial charge in [0, 0.05) is 22.7 Å². The predicted molar refractivity (Wildman–Crippen MR) is 170 cm³/mol. The Balaban J connectivity index is 1.32. The highest BCUT2D eigenvalue weighted by atomic mass is 15.0. The third-order valence-corrected chi connectivity index (χ3v) is 7.58. The molecule has 7 N–H and O–H groups in total. The molecule has 1 aliphatic rings. The van der Waals surface area contributed by atoms with Gasteiger partial charge in [-0.3, -0.25) is 0 Å². The highest BCUT2D eigenvalue weighted by molar-refractivity contribution is 5.77. The third-order valence-electron chi connectivity index (χ3n) is 7.58. The Labute approximate surface area is 235 Å². The van der Waals surface area contributed by atoms with Crippen LogP contribution in [0.3, 0.4) is 0 Å². The fourth-order valence-electron chi connectivity index (χ4n) is 5.22. The van der Waals surface area contributed by atoms with Gasteiger partial charge in [-0.05, 0) is 93.9 Å². The molecule has 1 aliphatic carbocycles. The van der Waals surface area contributed by atoms with E-state index in [1.807, 2.05) is 36.4 Å². The monoisotopic (exact) mass is 520 g/mol. The molecule has 40 heavy (non-hydrogen) atoms.